The van der Waals surface area contributed by atoms with Gasteiger partial charge in [0.05, 0.1) is 0 Å². The second-order valence-electron chi connectivity index (χ2n) is 1.73. The Kier molecular flexibility index (Phi) is 4.29. The fourth-order valence-electron chi connectivity index (χ4n) is 0.484. The zero-order valence-electron chi connectivity index (χ0n) is 6.76. The van der Waals surface area contributed by atoms with Crippen LogP contribution in [0.3, 0.4) is 0 Å². The van der Waals surface area contributed by atoms with Crippen LogP contribution in [0, 0.1) is 6.92 Å². The highest BCUT2D eigenvalue weighted by atomic mass is 14.7. The van der Waals surface area contributed by atoms with Gasteiger partial charge in [-0.05, 0) is 18.6 Å². The second-order valence-corrected chi connectivity index (χ2v) is 1.73. The van der Waals surface area contributed by atoms with Gasteiger partial charge in [0.25, 0.3) is 0 Å². The molecule has 1 heterocycles. The molecular weight excluding hydrogens is 124 g/mol. The van der Waals surface area contributed by atoms with Crippen molar-refractivity contribution in [1.29, 1.82) is 0 Å². The van der Waals surface area contributed by atoms with Crippen LogP contribution < -0.4 is 5.73 Å². The molecule has 0 amide bonds. The number of pyridine rings is 1. The van der Waals surface area contributed by atoms with Gasteiger partial charge in [0.2, 0.25) is 0 Å². The van der Waals surface area contributed by atoms with Crippen molar-refractivity contribution >= 4 is 5.69 Å². The van der Waals surface area contributed by atoms with Gasteiger partial charge in [-0.15, -0.1) is 0 Å². The van der Waals surface area contributed by atoms with Gasteiger partial charge in [-0.2, -0.15) is 0 Å². The van der Waals surface area contributed by atoms with Gasteiger partial charge in [0.15, 0.2) is 0 Å². The fourth-order valence-corrected chi connectivity index (χ4v) is 0.484. The van der Waals surface area contributed by atoms with E-state index in [0.29, 0.717) is 0 Å². The van der Waals surface area contributed by atoms with Crippen LogP contribution in [-0.2, 0) is 0 Å². The van der Waals surface area contributed by atoms with E-state index in [4.69, 9.17) is 5.73 Å². The van der Waals surface area contributed by atoms with Gasteiger partial charge >= 0.3 is 0 Å². The minimum atomic E-state index is 0.806. The zero-order valence-corrected chi connectivity index (χ0v) is 6.76. The lowest BCUT2D eigenvalue weighted by Gasteiger charge is -1.93. The standard InChI is InChI=1S/C6H8N2.C2H6/c1-5-4-8-3-2-6(5)7;1-2/h2-4H,1H3,(H2,7,8);1-2H3. The third-order valence-electron chi connectivity index (χ3n) is 1.06. The summed E-state index contributed by atoms with van der Waals surface area (Å²) in [5.74, 6) is 0. The average Bonchev–Trinajstić information content (AvgIpc) is 2.00. The molecule has 1 aromatic rings. The van der Waals surface area contributed by atoms with E-state index in [1.807, 2.05) is 20.8 Å². The Morgan fingerprint density at radius 1 is 1.40 bits per heavy atom. The molecule has 56 valence electrons. The molecule has 0 atom stereocenters. The van der Waals surface area contributed by atoms with Crippen LogP contribution in [0.1, 0.15) is 19.4 Å². The summed E-state index contributed by atoms with van der Waals surface area (Å²) in [5.41, 5.74) is 7.32. The third kappa shape index (κ3) is 2.49. The van der Waals surface area contributed by atoms with Gasteiger partial charge in [0, 0.05) is 18.1 Å². The maximum atomic E-state index is 5.48. The van der Waals surface area contributed by atoms with Crippen molar-refractivity contribution in [2.75, 3.05) is 5.73 Å². The Labute approximate surface area is 62.1 Å². The van der Waals surface area contributed by atoms with Crippen LogP contribution in [0.2, 0.25) is 0 Å². The van der Waals surface area contributed by atoms with E-state index in [9.17, 15) is 0 Å². The monoisotopic (exact) mass is 138 g/mol. The van der Waals surface area contributed by atoms with Crippen molar-refractivity contribution in [3.8, 4) is 0 Å². The van der Waals surface area contributed by atoms with Gasteiger partial charge in [-0.1, -0.05) is 13.8 Å². The summed E-state index contributed by atoms with van der Waals surface area (Å²) in [6, 6.07) is 1.79. The van der Waals surface area contributed by atoms with Crippen LogP contribution in [0.5, 0.6) is 0 Å². The summed E-state index contributed by atoms with van der Waals surface area (Å²) in [6.07, 6.45) is 3.43. The third-order valence-corrected chi connectivity index (χ3v) is 1.06. The van der Waals surface area contributed by atoms with Crippen molar-refractivity contribution in [3.63, 3.8) is 0 Å². The molecule has 0 aliphatic heterocycles. The molecule has 1 rings (SSSR count). The molecule has 0 aliphatic carbocycles. The van der Waals surface area contributed by atoms with Gasteiger partial charge in [0.1, 0.15) is 0 Å². The summed E-state index contributed by atoms with van der Waals surface area (Å²) in [4.78, 5) is 3.87. The van der Waals surface area contributed by atoms with Crippen LogP contribution in [0.15, 0.2) is 18.5 Å². The van der Waals surface area contributed by atoms with Gasteiger partial charge in [-0.3, -0.25) is 4.98 Å². The van der Waals surface area contributed by atoms with Crippen molar-refractivity contribution < 1.29 is 0 Å². The maximum Gasteiger partial charge on any atom is 0.0374 e. The number of rotatable bonds is 0. The summed E-state index contributed by atoms with van der Waals surface area (Å²) >= 11 is 0. The van der Waals surface area contributed by atoms with E-state index >= 15 is 0 Å². The molecule has 2 nitrogen and oxygen atoms in total. The van der Waals surface area contributed by atoms with Gasteiger partial charge < -0.3 is 5.73 Å². The van der Waals surface area contributed by atoms with Crippen molar-refractivity contribution in [2.45, 2.75) is 20.8 Å². The normalized spacial score (nSPS) is 7.90. The highest BCUT2D eigenvalue weighted by Gasteiger charge is 1.85. The smallest absolute Gasteiger partial charge is 0.0374 e. The molecule has 0 fully saturated rings. The highest BCUT2D eigenvalue weighted by Crippen LogP contribution is 2.04. The summed E-state index contributed by atoms with van der Waals surface area (Å²) in [5, 5.41) is 0. The summed E-state index contributed by atoms with van der Waals surface area (Å²) in [6.45, 7) is 5.93. The molecule has 0 saturated heterocycles. The van der Waals surface area contributed by atoms with Crippen molar-refractivity contribution in [3.05, 3.63) is 24.0 Å². The van der Waals surface area contributed by atoms with Crippen LogP contribution in [0.4, 0.5) is 5.69 Å². The molecule has 1 aromatic heterocycles. The lowest BCUT2D eigenvalue weighted by molar-refractivity contribution is 1.27. The number of nitrogen functional groups attached to an aromatic ring is 1. The fraction of sp³-hybridized carbons (Fsp3) is 0.375. The molecule has 0 bridgehead atoms. The first kappa shape index (κ1) is 8.95. The van der Waals surface area contributed by atoms with Crippen molar-refractivity contribution in [1.82, 2.24) is 4.98 Å². The Morgan fingerprint density at radius 2 is 2.00 bits per heavy atom. The number of hydrogen-bond acceptors (Lipinski definition) is 2. The molecule has 0 aromatic carbocycles. The first-order valence-corrected chi connectivity index (χ1v) is 3.47. The SMILES string of the molecule is CC.Cc1cnccc1N. The number of aromatic nitrogens is 1. The molecule has 0 unspecified atom stereocenters. The molecule has 0 aliphatic rings. The molecule has 2 N–H and O–H groups in total. The lowest BCUT2D eigenvalue weighted by Crippen LogP contribution is -1.87. The summed E-state index contributed by atoms with van der Waals surface area (Å²) in [7, 11) is 0. The summed E-state index contributed by atoms with van der Waals surface area (Å²) < 4.78 is 0. The van der Waals surface area contributed by atoms with E-state index in [1.165, 1.54) is 0 Å². The zero-order chi connectivity index (χ0) is 7.98. The number of nitrogens with zero attached hydrogens (tertiary/aromatic N) is 1. The Bertz CT molecular complexity index is 163. The van der Waals surface area contributed by atoms with Crippen molar-refractivity contribution in [2.24, 2.45) is 0 Å². The van der Waals surface area contributed by atoms with E-state index < -0.39 is 0 Å². The molecule has 0 spiro atoms. The Balaban J connectivity index is 0.000000371. The van der Waals surface area contributed by atoms with Gasteiger partial charge in [-0.25, -0.2) is 0 Å². The molecule has 10 heavy (non-hydrogen) atoms. The topological polar surface area (TPSA) is 38.9 Å². The van der Waals surface area contributed by atoms with E-state index in [-0.39, 0.29) is 0 Å². The van der Waals surface area contributed by atoms with Crippen LogP contribution >= 0.6 is 0 Å². The number of hydrogen-bond donors (Lipinski definition) is 1. The minimum Gasteiger partial charge on any atom is -0.398 e. The molecular formula is C8H14N2. The Hall–Kier alpha value is -1.05. The van der Waals surface area contributed by atoms with E-state index in [2.05, 4.69) is 4.98 Å². The van der Waals surface area contributed by atoms with E-state index in [0.717, 1.165) is 11.3 Å². The maximum absolute atomic E-state index is 5.48. The number of aryl methyl sites for hydroxylation is 1. The Morgan fingerprint density at radius 3 is 2.30 bits per heavy atom. The number of anilines is 1. The minimum absolute atomic E-state index is 0.806. The molecule has 0 radical (unpaired) electrons. The first-order valence-electron chi connectivity index (χ1n) is 3.47. The molecule has 2 heteroatoms. The number of nitrogens with two attached hydrogens (primary N) is 1. The van der Waals surface area contributed by atoms with Crippen LogP contribution in [-0.4, -0.2) is 4.98 Å². The lowest BCUT2D eigenvalue weighted by atomic mass is 10.3. The second kappa shape index (κ2) is 4.79. The predicted octanol–water partition coefficient (Wildman–Crippen LogP) is 2.00. The largest absolute Gasteiger partial charge is 0.398 e. The molecule has 0 saturated carbocycles. The average molecular weight is 138 g/mol. The highest BCUT2D eigenvalue weighted by molar-refractivity contribution is 5.42. The predicted molar refractivity (Wildman–Crippen MR) is 44.7 cm³/mol. The van der Waals surface area contributed by atoms with Crippen LogP contribution in [0.25, 0.3) is 0 Å². The first-order chi connectivity index (χ1) is 4.80. The van der Waals surface area contributed by atoms with E-state index in [1.54, 1.807) is 18.5 Å². The quantitative estimate of drug-likeness (QED) is 0.595.